The van der Waals surface area contributed by atoms with Crippen molar-refractivity contribution >= 4 is 11.9 Å². The van der Waals surface area contributed by atoms with E-state index in [1.807, 2.05) is 23.1 Å². The second-order valence-corrected chi connectivity index (χ2v) is 6.61. The Morgan fingerprint density at radius 3 is 2.65 bits per heavy atom. The van der Waals surface area contributed by atoms with Crippen molar-refractivity contribution < 1.29 is 9.59 Å². The number of rotatable bonds is 6. The molecule has 1 aliphatic carbocycles. The van der Waals surface area contributed by atoms with Crippen LogP contribution in [0.1, 0.15) is 31.2 Å². The Kier molecular flexibility index (Phi) is 5.16. The number of hydrogen-bond donors (Lipinski definition) is 2. The topological polar surface area (TPSA) is 61.4 Å². The van der Waals surface area contributed by atoms with E-state index >= 15 is 0 Å². The van der Waals surface area contributed by atoms with E-state index in [1.165, 1.54) is 5.56 Å². The van der Waals surface area contributed by atoms with Gasteiger partial charge < -0.3 is 15.5 Å². The SMILES string of the molecule is O=C(CC1CCN(C(=O)NCCc2ccccc2)C1)NC1CC1. The van der Waals surface area contributed by atoms with Gasteiger partial charge in [-0.15, -0.1) is 0 Å². The molecule has 2 aliphatic rings. The van der Waals surface area contributed by atoms with E-state index in [0.29, 0.717) is 31.5 Å². The maximum absolute atomic E-state index is 12.2. The van der Waals surface area contributed by atoms with Crippen molar-refractivity contribution in [3.05, 3.63) is 35.9 Å². The van der Waals surface area contributed by atoms with Crippen LogP contribution in [0.25, 0.3) is 0 Å². The number of carbonyl (C=O) groups is 2. The van der Waals surface area contributed by atoms with Crippen LogP contribution in [0.4, 0.5) is 4.79 Å². The van der Waals surface area contributed by atoms with Crippen LogP contribution in [0.2, 0.25) is 0 Å². The van der Waals surface area contributed by atoms with Gasteiger partial charge in [-0.1, -0.05) is 30.3 Å². The third-order valence-electron chi connectivity index (χ3n) is 4.52. The Labute approximate surface area is 137 Å². The van der Waals surface area contributed by atoms with Crippen molar-refractivity contribution in [2.45, 2.75) is 38.1 Å². The van der Waals surface area contributed by atoms with Crippen LogP contribution in [0.3, 0.4) is 0 Å². The van der Waals surface area contributed by atoms with Crippen LogP contribution in [0.5, 0.6) is 0 Å². The molecule has 0 radical (unpaired) electrons. The molecule has 0 spiro atoms. The first-order valence-electron chi connectivity index (χ1n) is 8.57. The lowest BCUT2D eigenvalue weighted by Gasteiger charge is -2.17. The lowest BCUT2D eigenvalue weighted by molar-refractivity contribution is -0.122. The molecule has 1 aromatic rings. The first-order valence-corrected chi connectivity index (χ1v) is 8.57. The van der Waals surface area contributed by atoms with Crippen LogP contribution in [0, 0.1) is 5.92 Å². The Balaban J connectivity index is 1.34. The maximum atomic E-state index is 12.2. The highest BCUT2D eigenvalue weighted by atomic mass is 16.2. The molecule has 1 aromatic carbocycles. The van der Waals surface area contributed by atoms with Gasteiger partial charge in [0, 0.05) is 32.1 Å². The van der Waals surface area contributed by atoms with Gasteiger partial charge in [-0.25, -0.2) is 4.79 Å². The highest BCUT2D eigenvalue weighted by molar-refractivity contribution is 5.77. The normalized spacial score (nSPS) is 20.3. The van der Waals surface area contributed by atoms with Gasteiger partial charge in [0.25, 0.3) is 0 Å². The van der Waals surface area contributed by atoms with Crippen molar-refractivity contribution in [1.82, 2.24) is 15.5 Å². The zero-order chi connectivity index (χ0) is 16.1. The summed E-state index contributed by atoms with van der Waals surface area (Å²) >= 11 is 0. The molecular weight excluding hydrogens is 290 g/mol. The first kappa shape index (κ1) is 15.8. The van der Waals surface area contributed by atoms with Crippen molar-refractivity contribution in [2.75, 3.05) is 19.6 Å². The third kappa shape index (κ3) is 4.98. The summed E-state index contributed by atoms with van der Waals surface area (Å²) in [6, 6.07) is 10.6. The molecule has 1 aliphatic heterocycles. The minimum atomic E-state index is -0.00830. The first-order chi connectivity index (χ1) is 11.2. The summed E-state index contributed by atoms with van der Waals surface area (Å²) in [6.45, 7) is 2.08. The summed E-state index contributed by atoms with van der Waals surface area (Å²) < 4.78 is 0. The van der Waals surface area contributed by atoms with Gasteiger partial charge in [0.15, 0.2) is 0 Å². The van der Waals surface area contributed by atoms with Gasteiger partial charge >= 0.3 is 6.03 Å². The highest BCUT2D eigenvalue weighted by Crippen LogP contribution is 2.22. The quantitative estimate of drug-likeness (QED) is 0.842. The fourth-order valence-electron chi connectivity index (χ4n) is 3.03. The van der Waals surface area contributed by atoms with E-state index < -0.39 is 0 Å². The molecule has 5 heteroatoms. The van der Waals surface area contributed by atoms with E-state index in [-0.39, 0.29) is 11.9 Å². The molecule has 3 rings (SSSR count). The summed E-state index contributed by atoms with van der Waals surface area (Å²) in [4.78, 5) is 25.8. The average Bonchev–Trinajstić information content (AvgIpc) is 3.23. The monoisotopic (exact) mass is 315 g/mol. The van der Waals surface area contributed by atoms with Gasteiger partial charge in [0.1, 0.15) is 0 Å². The largest absolute Gasteiger partial charge is 0.353 e. The third-order valence-corrected chi connectivity index (χ3v) is 4.52. The summed E-state index contributed by atoms with van der Waals surface area (Å²) in [7, 11) is 0. The maximum Gasteiger partial charge on any atom is 0.317 e. The molecule has 0 aromatic heterocycles. The lowest BCUT2D eigenvalue weighted by atomic mass is 10.0. The molecule has 1 atom stereocenters. The van der Waals surface area contributed by atoms with Crippen molar-refractivity contribution in [3.8, 4) is 0 Å². The molecule has 2 fully saturated rings. The molecule has 5 nitrogen and oxygen atoms in total. The number of carbonyl (C=O) groups excluding carboxylic acids is 2. The van der Waals surface area contributed by atoms with Crippen LogP contribution in [-0.2, 0) is 11.2 Å². The van der Waals surface area contributed by atoms with E-state index in [1.54, 1.807) is 0 Å². The average molecular weight is 315 g/mol. The second-order valence-electron chi connectivity index (χ2n) is 6.61. The summed E-state index contributed by atoms with van der Waals surface area (Å²) in [5, 5.41) is 5.99. The van der Waals surface area contributed by atoms with Gasteiger partial charge in [-0.05, 0) is 37.2 Å². The molecule has 1 heterocycles. The Bertz CT molecular complexity index is 542. The minimum Gasteiger partial charge on any atom is -0.353 e. The number of benzene rings is 1. The Hall–Kier alpha value is -2.04. The Morgan fingerprint density at radius 1 is 1.13 bits per heavy atom. The number of nitrogens with zero attached hydrogens (tertiary/aromatic N) is 1. The fourth-order valence-corrected chi connectivity index (χ4v) is 3.03. The number of amides is 3. The molecule has 124 valence electrons. The van der Waals surface area contributed by atoms with Crippen molar-refractivity contribution in [3.63, 3.8) is 0 Å². The fraction of sp³-hybridized carbons (Fsp3) is 0.556. The van der Waals surface area contributed by atoms with Gasteiger partial charge in [0.2, 0.25) is 5.91 Å². The molecule has 23 heavy (non-hydrogen) atoms. The van der Waals surface area contributed by atoms with Gasteiger partial charge in [-0.2, -0.15) is 0 Å². The summed E-state index contributed by atoms with van der Waals surface area (Å²) in [5.41, 5.74) is 1.23. The van der Waals surface area contributed by atoms with E-state index in [9.17, 15) is 9.59 Å². The predicted octanol–water partition coefficient (Wildman–Crippen LogP) is 1.93. The van der Waals surface area contributed by atoms with Gasteiger partial charge in [-0.3, -0.25) is 4.79 Å². The summed E-state index contributed by atoms with van der Waals surface area (Å²) in [5.74, 6) is 0.442. The van der Waals surface area contributed by atoms with E-state index in [0.717, 1.165) is 32.2 Å². The highest BCUT2D eigenvalue weighted by Gasteiger charge is 2.29. The minimum absolute atomic E-state index is 0.00830. The van der Waals surface area contributed by atoms with Crippen molar-refractivity contribution in [2.24, 2.45) is 5.92 Å². The summed E-state index contributed by atoms with van der Waals surface area (Å²) in [6.07, 6.45) is 4.54. The van der Waals surface area contributed by atoms with E-state index in [4.69, 9.17) is 0 Å². The lowest BCUT2D eigenvalue weighted by Crippen LogP contribution is -2.39. The van der Waals surface area contributed by atoms with Crippen LogP contribution in [-0.4, -0.2) is 42.5 Å². The number of hydrogen-bond acceptors (Lipinski definition) is 2. The second kappa shape index (κ2) is 7.49. The van der Waals surface area contributed by atoms with Crippen LogP contribution >= 0.6 is 0 Å². The zero-order valence-corrected chi connectivity index (χ0v) is 13.5. The smallest absolute Gasteiger partial charge is 0.317 e. The van der Waals surface area contributed by atoms with Gasteiger partial charge in [0.05, 0.1) is 0 Å². The van der Waals surface area contributed by atoms with Crippen molar-refractivity contribution in [1.29, 1.82) is 0 Å². The van der Waals surface area contributed by atoms with Crippen LogP contribution < -0.4 is 10.6 Å². The Morgan fingerprint density at radius 2 is 1.91 bits per heavy atom. The molecule has 1 saturated carbocycles. The molecular formula is C18H25N3O2. The predicted molar refractivity (Wildman–Crippen MR) is 89.0 cm³/mol. The standard InChI is InChI=1S/C18H25N3O2/c22-17(20-16-6-7-16)12-15-9-11-21(13-15)18(23)19-10-8-14-4-2-1-3-5-14/h1-5,15-16H,6-13H2,(H,19,23)(H,20,22). The molecule has 1 saturated heterocycles. The molecule has 3 amide bonds. The number of likely N-dealkylation sites (tertiary alicyclic amines) is 1. The van der Waals surface area contributed by atoms with Crippen LogP contribution in [0.15, 0.2) is 30.3 Å². The number of urea groups is 1. The molecule has 1 unspecified atom stereocenters. The number of nitrogens with one attached hydrogen (secondary N) is 2. The van der Waals surface area contributed by atoms with E-state index in [2.05, 4.69) is 22.8 Å². The zero-order valence-electron chi connectivity index (χ0n) is 13.5. The molecule has 2 N–H and O–H groups in total. The molecule has 0 bridgehead atoms.